The van der Waals surface area contributed by atoms with Gasteiger partial charge in [0.1, 0.15) is 0 Å². The van der Waals surface area contributed by atoms with Gasteiger partial charge < -0.3 is 4.74 Å². The molecule has 112 valence electrons. The Hall–Kier alpha value is -0.410. The van der Waals surface area contributed by atoms with E-state index in [1.54, 1.807) is 0 Å². The number of hydrogen-bond acceptors (Lipinski definition) is 3. The number of nitrogens with zero attached hydrogens (tertiary/aromatic N) is 1. The lowest BCUT2D eigenvalue weighted by atomic mass is 9.97. The summed E-state index contributed by atoms with van der Waals surface area (Å²) in [7, 11) is 0. The van der Waals surface area contributed by atoms with Gasteiger partial charge in [0.15, 0.2) is 5.78 Å². The molecule has 1 rings (SSSR count). The standard InChI is InChI=1S/C16H31NO2/c1-11(2)15(18)14-8-13(9-17(14)12(3)4)19-10-16(5,6)7/h11-14H,8-10H2,1-7H3. The fourth-order valence-electron chi connectivity index (χ4n) is 2.54. The highest BCUT2D eigenvalue weighted by atomic mass is 16.5. The van der Waals surface area contributed by atoms with E-state index in [0.29, 0.717) is 11.8 Å². The van der Waals surface area contributed by atoms with Crippen LogP contribution in [0.15, 0.2) is 0 Å². The maximum atomic E-state index is 12.3. The lowest BCUT2D eigenvalue weighted by Crippen LogP contribution is -2.42. The van der Waals surface area contributed by atoms with Crippen molar-refractivity contribution >= 4 is 5.78 Å². The Labute approximate surface area is 118 Å². The van der Waals surface area contributed by atoms with Crippen molar-refractivity contribution in [2.45, 2.75) is 73.1 Å². The van der Waals surface area contributed by atoms with Gasteiger partial charge in [-0.2, -0.15) is 0 Å². The molecule has 0 aromatic carbocycles. The van der Waals surface area contributed by atoms with E-state index in [1.807, 2.05) is 13.8 Å². The summed E-state index contributed by atoms with van der Waals surface area (Å²) < 4.78 is 6.01. The number of ketones is 1. The molecule has 0 aromatic heterocycles. The zero-order valence-electron chi connectivity index (χ0n) is 13.7. The van der Waals surface area contributed by atoms with E-state index < -0.39 is 0 Å². The van der Waals surface area contributed by atoms with Crippen molar-refractivity contribution in [1.82, 2.24) is 4.90 Å². The molecule has 3 nitrogen and oxygen atoms in total. The number of likely N-dealkylation sites (tertiary alicyclic amines) is 1. The molecule has 2 unspecified atom stereocenters. The van der Waals surface area contributed by atoms with Crippen molar-refractivity contribution in [1.29, 1.82) is 0 Å². The summed E-state index contributed by atoms with van der Waals surface area (Å²) in [6, 6.07) is 0.445. The minimum Gasteiger partial charge on any atom is -0.376 e. The molecule has 0 N–H and O–H groups in total. The highest BCUT2D eigenvalue weighted by Gasteiger charge is 2.39. The number of carbonyl (C=O) groups is 1. The minimum atomic E-state index is 0.0463. The van der Waals surface area contributed by atoms with Crippen LogP contribution in [-0.2, 0) is 9.53 Å². The van der Waals surface area contributed by atoms with E-state index in [9.17, 15) is 4.79 Å². The van der Waals surface area contributed by atoms with Crippen molar-refractivity contribution < 1.29 is 9.53 Å². The highest BCUT2D eigenvalue weighted by molar-refractivity contribution is 5.86. The van der Waals surface area contributed by atoms with Crippen LogP contribution in [0.3, 0.4) is 0 Å². The van der Waals surface area contributed by atoms with E-state index in [-0.39, 0.29) is 23.5 Å². The fraction of sp³-hybridized carbons (Fsp3) is 0.938. The maximum Gasteiger partial charge on any atom is 0.152 e. The van der Waals surface area contributed by atoms with Crippen molar-refractivity contribution in [2.24, 2.45) is 11.3 Å². The Balaban J connectivity index is 2.65. The molecule has 0 aliphatic carbocycles. The Bertz CT molecular complexity index is 304. The monoisotopic (exact) mass is 269 g/mol. The molecule has 0 radical (unpaired) electrons. The van der Waals surface area contributed by atoms with Crippen LogP contribution in [0.2, 0.25) is 0 Å². The first-order valence-corrected chi connectivity index (χ1v) is 7.53. The van der Waals surface area contributed by atoms with E-state index in [0.717, 1.165) is 19.6 Å². The van der Waals surface area contributed by atoms with Gasteiger partial charge in [0, 0.05) is 18.5 Å². The second-order valence-corrected chi connectivity index (χ2v) is 7.59. The molecule has 0 bridgehead atoms. The molecule has 1 aliphatic heterocycles. The summed E-state index contributed by atoms with van der Waals surface area (Å²) in [6.45, 7) is 16.5. The lowest BCUT2D eigenvalue weighted by molar-refractivity contribution is -0.126. The molecule has 2 atom stereocenters. The van der Waals surface area contributed by atoms with Crippen LogP contribution >= 0.6 is 0 Å². The third-order valence-corrected chi connectivity index (χ3v) is 3.61. The summed E-state index contributed by atoms with van der Waals surface area (Å²) >= 11 is 0. The van der Waals surface area contributed by atoms with Crippen LogP contribution in [0, 0.1) is 11.3 Å². The maximum absolute atomic E-state index is 12.3. The number of ether oxygens (including phenoxy) is 1. The minimum absolute atomic E-state index is 0.0463. The molecule has 1 aliphatic rings. The summed E-state index contributed by atoms with van der Waals surface area (Å²) in [4.78, 5) is 14.6. The topological polar surface area (TPSA) is 29.5 Å². The number of hydrogen-bond donors (Lipinski definition) is 0. The van der Waals surface area contributed by atoms with Gasteiger partial charge in [0.05, 0.1) is 18.8 Å². The second-order valence-electron chi connectivity index (χ2n) is 7.59. The van der Waals surface area contributed by atoms with Gasteiger partial charge in [-0.15, -0.1) is 0 Å². The van der Waals surface area contributed by atoms with Crippen molar-refractivity contribution in [3.8, 4) is 0 Å². The molecular formula is C16H31NO2. The van der Waals surface area contributed by atoms with Gasteiger partial charge in [0.2, 0.25) is 0 Å². The molecule has 0 amide bonds. The van der Waals surface area contributed by atoms with Crippen LogP contribution in [0.1, 0.15) is 54.9 Å². The molecule has 0 aromatic rings. The molecule has 0 spiro atoms. The van der Waals surface area contributed by atoms with Gasteiger partial charge >= 0.3 is 0 Å². The van der Waals surface area contributed by atoms with E-state index in [2.05, 4.69) is 39.5 Å². The summed E-state index contributed by atoms with van der Waals surface area (Å²) in [5, 5.41) is 0. The summed E-state index contributed by atoms with van der Waals surface area (Å²) in [5.74, 6) is 0.461. The fourth-order valence-corrected chi connectivity index (χ4v) is 2.54. The van der Waals surface area contributed by atoms with Crippen molar-refractivity contribution in [3.63, 3.8) is 0 Å². The number of carbonyl (C=O) groups excluding carboxylic acids is 1. The highest BCUT2D eigenvalue weighted by Crippen LogP contribution is 2.27. The van der Waals surface area contributed by atoms with Crippen LogP contribution < -0.4 is 0 Å². The number of rotatable bonds is 5. The quantitative estimate of drug-likeness (QED) is 0.768. The zero-order chi connectivity index (χ0) is 14.8. The second kappa shape index (κ2) is 6.36. The Kier molecular flexibility index (Phi) is 5.57. The summed E-state index contributed by atoms with van der Waals surface area (Å²) in [6.07, 6.45) is 1.06. The van der Waals surface area contributed by atoms with Crippen LogP contribution in [-0.4, -0.2) is 42.0 Å². The first kappa shape index (κ1) is 16.6. The van der Waals surface area contributed by atoms with Crippen LogP contribution in [0.4, 0.5) is 0 Å². The predicted molar refractivity (Wildman–Crippen MR) is 79.3 cm³/mol. The molecular weight excluding hydrogens is 238 g/mol. The number of Topliss-reactive ketones (excluding diaryl/α,β-unsaturated/α-hetero) is 1. The average Bonchev–Trinajstić information content (AvgIpc) is 2.68. The van der Waals surface area contributed by atoms with Crippen LogP contribution in [0.5, 0.6) is 0 Å². The Morgan fingerprint density at radius 3 is 2.26 bits per heavy atom. The SMILES string of the molecule is CC(C)C(=O)C1CC(OCC(C)(C)C)CN1C(C)C. The zero-order valence-corrected chi connectivity index (χ0v) is 13.7. The molecule has 1 fully saturated rings. The Morgan fingerprint density at radius 2 is 1.84 bits per heavy atom. The van der Waals surface area contributed by atoms with E-state index >= 15 is 0 Å². The largest absolute Gasteiger partial charge is 0.376 e. The Morgan fingerprint density at radius 1 is 1.26 bits per heavy atom. The van der Waals surface area contributed by atoms with Crippen molar-refractivity contribution in [2.75, 3.05) is 13.2 Å². The first-order chi connectivity index (χ1) is 8.61. The lowest BCUT2D eigenvalue weighted by Gasteiger charge is -2.28. The van der Waals surface area contributed by atoms with Gasteiger partial charge in [-0.3, -0.25) is 9.69 Å². The van der Waals surface area contributed by atoms with Gasteiger partial charge in [0.25, 0.3) is 0 Å². The molecule has 3 heteroatoms. The molecule has 0 saturated carbocycles. The normalized spacial score (nSPS) is 25.5. The molecule has 1 heterocycles. The smallest absolute Gasteiger partial charge is 0.152 e. The van der Waals surface area contributed by atoms with E-state index in [4.69, 9.17) is 4.74 Å². The van der Waals surface area contributed by atoms with Gasteiger partial charge in [-0.1, -0.05) is 34.6 Å². The van der Waals surface area contributed by atoms with Crippen LogP contribution in [0.25, 0.3) is 0 Å². The molecule has 1 saturated heterocycles. The third-order valence-electron chi connectivity index (χ3n) is 3.61. The van der Waals surface area contributed by atoms with E-state index in [1.165, 1.54) is 0 Å². The first-order valence-electron chi connectivity index (χ1n) is 7.53. The third kappa shape index (κ3) is 4.88. The van der Waals surface area contributed by atoms with Gasteiger partial charge in [-0.25, -0.2) is 0 Å². The van der Waals surface area contributed by atoms with Gasteiger partial charge in [-0.05, 0) is 25.7 Å². The van der Waals surface area contributed by atoms with Crippen molar-refractivity contribution in [3.05, 3.63) is 0 Å². The summed E-state index contributed by atoms with van der Waals surface area (Å²) in [5.41, 5.74) is 0.183. The average molecular weight is 269 g/mol. The molecule has 19 heavy (non-hydrogen) atoms. The predicted octanol–water partition coefficient (Wildman–Crippen LogP) is 3.13.